The second-order valence-electron chi connectivity index (χ2n) is 16.0. The summed E-state index contributed by atoms with van der Waals surface area (Å²) in [7, 11) is 0. The van der Waals surface area contributed by atoms with Crippen LogP contribution in [-0.2, 0) is 0 Å². The third-order valence-electron chi connectivity index (χ3n) is 12.5. The molecule has 2 nitrogen and oxygen atoms in total. The van der Waals surface area contributed by atoms with Crippen molar-refractivity contribution >= 4 is 71.3 Å². The first kappa shape index (κ1) is 35.7. The molecule has 0 amide bonds. The lowest BCUT2D eigenvalue weighted by molar-refractivity contribution is 0.674. The van der Waals surface area contributed by atoms with Crippen LogP contribution in [-0.4, -0.2) is 0 Å². The summed E-state index contributed by atoms with van der Waals surface area (Å²) in [6.45, 7) is 0. The molecule has 0 aliphatic heterocycles. The fraction of sp³-hybridized carbons (Fsp3) is 0. The molecular formula is C60H39NO. The molecule has 0 saturated heterocycles. The molecule has 2 heteroatoms. The Balaban J connectivity index is 1.08. The van der Waals surface area contributed by atoms with E-state index in [1.54, 1.807) is 0 Å². The molecule has 1 aromatic heterocycles. The second-order valence-corrected chi connectivity index (χ2v) is 16.0. The van der Waals surface area contributed by atoms with Crippen molar-refractivity contribution in [3.8, 4) is 44.5 Å². The zero-order valence-corrected chi connectivity index (χ0v) is 33.9. The number of rotatable bonds is 7. The molecule has 0 bridgehead atoms. The Labute approximate surface area is 360 Å². The summed E-state index contributed by atoms with van der Waals surface area (Å²) in [5.41, 5.74) is 14.2. The van der Waals surface area contributed by atoms with Crippen LogP contribution in [0.2, 0.25) is 0 Å². The Morgan fingerprint density at radius 3 is 1.61 bits per heavy atom. The lowest BCUT2D eigenvalue weighted by atomic mass is 9.92. The van der Waals surface area contributed by atoms with E-state index in [1.807, 2.05) is 0 Å². The van der Waals surface area contributed by atoms with Crippen molar-refractivity contribution in [2.24, 2.45) is 0 Å². The minimum atomic E-state index is 0.884. The monoisotopic (exact) mass is 789 g/mol. The summed E-state index contributed by atoms with van der Waals surface area (Å²) in [6.07, 6.45) is 0. The van der Waals surface area contributed by atoms with Crippen LogP contribution in [0.5, 0.6) is 0 Å². The van der Waals surface area contributed by atoms with Crippen LogP contribution in [0.1, 0.15) is 0 Å². The quantitative estimate of drug-likeness (QED) is 0.150. The van der Waals surface area contributed by atoms with E-state index < -0.39 is 0 Å². The first-order valence-corrected chi connectivity index (χ1v) is 21.3. The van der Waals surface area contributed by atoms with Crippen LogP contribution in [0.3, 0.4) is 0 Å². The fourth-order valence-electron chi connectivity index (χ4n) is 9.54. The number of benzene rings is 11. The predicted molar refractivity (Wildman–Crippen MR) is 263 cm³/mol. The van der Waals surface area contributed by atoms with Gasteiger partial charge in [-0.3, -0.25) is 0 Å². The molecule has 0 aliphatic rings. The Hall–Kier alpha value is -8.20. The standard InChI is InChI=1S/C60H39NO/c1-3-16-40(17-4-1)48-37-35-46(39-57(48)41-18-5-2-6-19-41)61(45-33-30-43(31-34-45)56-38-44-21-8-9-22-47(44)50-24-11-12-25-51(50)56)58-29-14-13-26-52(58)53-27-15-28-54-55-36-32-42-20-7-10-23-49(42)59(55)62-60(53)54/h1-39H. The third kappa shape index (κ3) is 5.96. The number of anilines is 3. The van der Waals surface area contributed by atoms with E-state index in [0.717, 1.165) is 55.5 Å². The van der Waals surface area contributed by atoms with Gasteiger partial charge in [-0.25, -0.2) is 0 Å². The van der Waals surface area contributed by atoms with Crippen molar-refractivity contribution in [3.05, 3.63) is 237 Å². The summed E-state index contributed by atoms with van der Waals surface area (Å²) in [6, 6.07) is 85.4. The van der Waals surface area contributed by atoms with E-state index >= 15 is 0 Å². The first-order chi connectivity index (χ1) is 30.8. The van der Waals surface area contributed by atoms with Crippen molar-refractivity contribution in [2.75, 3.05) is 4.90 Å². The van der Waals surface area contributed by atoms with E-state index in [9.17, 15) is 0 Å². The highest BCUT2D eigenvalue weighted by Crippen LogP contribution is 2.47. The van der Waals surface area contributed by atoms with Crippen LogP contribution < -0.4 is 4.90 Å². The highest BCUT2D eigenvalue weighted by atomic mass is 16.3. The van der Waals surface area contributed by atoms with Gasteiger partial charge in [-0.2, -0.15) is 0 Å². The van der Waals surface area contributed by atoms with Gasteiger partial charge >= 0.3 is 0 Å². The van der Waals surface area contributed by atoms with Gasteiger partial charge in [0.05, 0.1) is 5.69 Å². The molecule has 290 valence electrons. The maximum Gasteiger partial charge on any atom is 0.143 e. The van der Waals surface area contributed by atoms with Crippen LogP contribution in [0.4, 0.5) is 17.1 Å². The molecule has 0 fully saturated rings. The highest BCUT2D eigenvalue weighted by Gasteiger charge is 2.22. The van der Waals surface area contributed by atoms with Crippen LogP contribution in [0.25, 0.3) is 98.8 Å². The Bertz CT molecular complexity index is 3620. The summed E-state index contributed by atoms with van der Waals surface area (Å²) in [5.74, 6) is 0. The summed E-state index contributed by atoms with van der Waals surface area (Å²) in [4.78, 5) is 2.41. The van der Waals surface area contributed by atoms with Crippen LogP contribution >= 0.6 is 0 Å². The Morgan fingerprint density at radius 2 is 0.823 bits per heavy atom. The van der Waals surface area contributed by atoms with Gasteiger partial charge in [0.15, 0.2) is 0 Å². The molecule has 62 heavy (non-hydrogen) atoms. The molecule has 0 N–H and O–H groups in total. The number of hydrogen-bond donors (Lipinski definition) is 0. The molecule has 0 atom stereocenters. The van der Waals surface area contributed by atoms with Crippen LogP contribution in [0, 0.1) is 0 Å². The van der Waals surface area contributed by atoms with Gasteiger partial charge in [-0.05, 0) is 103 Å². The zero-order valence-electron chi connectivity index (χ0n) is 33.9. The van der Waals surface area contributed by atoms with Gasteiger partial charge in [0, 0.05) is 38.7 Å². The van der Waals surface area contributed by atoms with Gasteiger partial charge in [0.1, 0.15) is 11.2 Å². The van der Waals surface area contributed by atoms with Gasteiger partial charge in [0.25, 0.3) is 0 Å². The lowest BCUT2D eigenvalue weighted by Gasteiger charge is -2.29. The number of hydrogen-bond acceptors (Lipinski definition) is 2. The number of para-hydroxylation sites is 2. The number of nitrogens with zero attached hydrogens (tertiary/aromatic N) is 1. The molecule has 0 saturated carbocycles. The molecule has 12 rings (SSSR count). The van der Waals surface area contributed by atoms with E-state index in [2.05, 4.69) is 241 Å². The highest BCUT2D eigenvalue weighted by molar-refractivity contribution is 6.18. The molecular weight excluding hydrogens is 751 g/mol. The van der Waals surface area contributed by atoms with Gasteiger partial charge < -0.3 is 9.32 Å². The number of fused-ring (bicyclic) bond motifs is 8. The summed E-state index contributed by atoms with van der Waals surface area (Å²) in [5, 5.41) is 9.53. The van der Waals surface area contributed by atoms with Crippen molar-refractivity contribution < 1.29 is 4.42 Å². The molecule has 0 aliphatic carbocycles. The normalized spacial score (nSPS) is 11.5. The molecule has 1 heterocycles. The minimum absolute atomic E-state index is 0.884. The summed E-state index contributed by atoms with van der Waals surface area (Å²) < 4.78 is 6.95. The average Bonchev–Trinajstić information content (AvgIpc) is 3.75. The van der Waals surface area contributed by atoms with Crippen molar-refractivity contribution in [2.45, 2.75) is 0 Å². The molecule has 0 radical (unpaired) electrons. The van der Waals surface area contributed by atoms with E-state index in [1.165, 1.54) is 60.3 Å². The SMILES string of the molecule is c1ccc(-c2ccc(N(c3ccc(-c4cc5ccccc5c5ccccc45)cc3)c3ccccc3-c3cccc4c3oc3c5ccccc5ccc43)cc2-c2ccccc2)cc1. The Kier molecular flexibility index (Phi) is 8.53. The molecule has 0 spiro atoms. The van der Waals surface area contributed by atoms with E-state index in [0.29, 0.717) is 0 Å². The maximum absolute atomic E-state index is 6.95. The Morgan fingerprint density at radius 1 is 0.258 bits per heavy atom. The first-order valence-electron chi connectivity index (χ1n) is 21.3. The van der Waals surface area contributed by atoms with Crippen molar-refractivity contribution in [1.29, 1.82) is 0 Å². The molecule has 0 unspecified atom stereocenters. The predicted octanol–water partition coefficient (Wildman–Crippen LogP) is 17.2. The van der Waals surface area contributed by atoms with E-state index in [-0.39, 0.29) is 0 Å². The zero-order chi connectivity index (χ0) is 41.0. The minimum Gasteiger partial charge on any atom is -0.455 e. The van der Waals surface area contributed by atoms with Crippen molar-refractivity contribution in [3.63, 3.8) is 0 Å². The molecule has 12 aromatic rings. The largest absolute Gasteiger partial charge is 0.455 e. The summed E-state index contributed by atoms with van der Waals surface area (Å²) >= 11 is 0. The number of furan rings is 1. The van der Waals surface area contributed by atoms with Crippen molar-refractivity contribution in [1.82, 2.24) is 0 Å². The average molecular weight is 790 g/mol. The van der Waals surface area contributed by atoms with Gasteiger partial charge in [0.2, 0.25) is 0 Å². The third-order valence-corrected chi connectivity index (χ3v) is 12.5. The van der Waals surface area contributed by atoms with Crippen LogP contribution in [0.15, 0.2) is 241 Å². The second kappa shape index (κ2) is 14.8. The van der Waals surface area contributed by atoms with Gasteiger partial charge in [-0.15, -0.1) is 0 Å². The van der Waals surface area contributed by atoms with Gasteiger partial charge in [-0.1, -0.05) is 194 Å². The lowest BCUT2D eigenvalue weighted by Crippen LogP contribution is -2.11. The fourth-order valence-corrected chi connectivity index (χ4v) is 9.54. The maximum atomic E-state index is 6.95. The topological polar surface area (TPSA) is 16.4 Å². The smallest absolute Gasteiger partial charge is 0.143 e. The van der Waals surface area contributed by atoms with E-state index in [4.69, 9.17) is 4.42 Å². The molecule has 11 aromatic carbocycles.